The van der Waals surface area contributed by atoms with Gasteiger partial charge in [0.1, 0.15) is 6.61 Å². The highest BCUT2D eigenvalue weighted by Crippen LogP contribution is 2.37. The van der Waals surface area contributed by atoms with Crippen molar-refractivity contribution in [2.24, 2.45) is 0 Å². The highest BCUT2D eigenvalue weighted by Gasteiger charge is 2.15. The van der Waals surface area contributed by atoms with Gasteiger partial charge in [-0.3, -0.25) is 0 Å². The first kappa shape index (κ1) is 17.2. The Balaban J connectivity index is 2.89. The Morgan fingerprint density at radius 2 is 1.95 bits per heavy atom. The van der Waals surface area contributed by atoms with Crippen molar-refractivity contribution in [2.45, 2.75) is 39.3 Å². The molecule has 0 unspecified atom stereocenters. The fourth-order valence-electron chi connectivity index (χ4n) is 1.53. The second-order valence-electron chi connectivity index (χ2n) is 5.41. The number of ether oxygens (including phenoxy) is 2. The summed E-state index contributed by atoms with van der Waals surface area (Å²) in [6.45, 7) is 6.19. The van der Waals surface area contributed by atoms with Crippen molar-refractivity contribution in [3.05, 3.63) is 22.2 Å². The molecule has 6 heteroatoms. The van der Waals surface area contributed by atoms with Crippen LogP contribution in [0.3, 0.4) is 0 Å². The molecule has 20 heavy (non-hydrogen) atoms. The molecule has 1 rings (SSSR count). The van der Waals surface area contributed by atoms with Gasteiger partial charge in [-0.2, -0.15) is 0 Å². The molecule has 0 bridgehead atoms. The van der Waals surface area contributed by atoms with Gasteiger partial charge in [-0.15, -0.1) is 0 Å². The zero-order chi connectivity index (χ0) is 15.3. The molecule has 0 spiro atoms. The summed E-state index contributed by atoms with van der Waals surface area (Å²) >= 11 is 3.33. The van der Waals surface area contributed by atoms with Crippen LogP contribution in [0.15, 0.2) is 16.6 Å². The van der Waals surface area contributed by atoms with Crippen LogP contribution in [0.4, 0.5) is 8.78 Å². The SMILES string of the molecule is COc1cc(CNC(C)(C)C)cc(Br)c1OCC(F)F. The minimum absolute atomic E-state index is 0.00937. The first-order chi connectivity index (χ1) is 9.23. The zero-order valence-electron chi connectivity index (χ0n) is 12.1. The summed E-state index contributed by atoms with van der Waals surface area (Å²) in [5.74, 6) is 0.734. The molecule has 0 aliphatic heterocycles. The minimum Gasteiger partial charge on any atom is -0.493 e. The standard InChI is InChI=1S/C14H20BrF2NO2/c1-14(2,3)18-7-9-5-10(15)13(11(6-9)19-4)20-8-12(16)17/h5-6,12,18H,7-8H2,1-4H3. The summed E-state index contributed by atoms with van der Waals surface area (Å²) in [5, 5.41) is 3.35. The topological polar surface area (TPSA) is 30.5 Å². The van der Waals surface area contributed by atoms with Crippen LogP contribution in [0.5, 0.6) is 11.5 Å². The van der Waals surface area contributed by atoms with Crippen molar-refractivity contribution in [3.8, 4) is 11.5 Å². The van der Waals surface area contributed by atoms with E-state index in [-0.39, 0.29) is 5.54 Å². The second kappa shape index (κ2) is 7.22. The van der Waals surface area contributed by atoms with E-state index < -0.39 is 13.0 Å². The van der Waals surface area contributed by atoms with E-state index >= 15 is 0 Å². The van der Waals surface area contributed by atoms with E-state index in [9.17, 15) is 8.78 Å². The third-order valence-corrected chi connectivity index (χ3v) is 3.05. The van der Waals surface area contributed by atoms with E-state index in [1.54, 1.807) is 6.07 Å². The number of hydrogen-bond acceptors (Lipinski definition) is 3. The Morgan fingerprint density at radius 3 is 2.45 bits per heavy atom. The van der Waals surface area contributed by atoms with Crippen LogP contribution < -0.4 is 14.8 Å². The smallest absolute Gasteiger partial charge is 0.272 e. The number of benzene rings is 1. The number of halogens is 3. The van der Waals surface area contributed by atoms with Gasteiger partial charge < -0.3 is 14.8 Å². The van der Waals surface area contributed by atoms with Gasteiger partial charge in [-0.05, 0) is 54.4 Å². The van der Waals surface area contributed by atoms with Crippen molar-refractivity contribution < 1.29 is 18.3 Å². The van der Waals surface area contributed by atoms with Gasteiger partial charge in [0.15, 0.2) is 11.5 Å². The lowest BCUT2D eigenvalue weighted by molar-refractivity contribution is 0.0800. The molecule has 1 aromatic rings. The summed E-state index contributed by atoms with van der Waals surface area (Å²) in [6, 6.07) is 3.62. The third-order valence-electron chi connectivity index (χ3n) is 2.47. The molecule has 0 fully saturated rings. The van der Waals surface area contributed by atoms with Crippen LogP contribution in [0.2, 0.25) is 0 Å². The molecule has 0 saturated carbocycles. The molecule has 114 valence electrons. The molecule has 0 aliphatic rings. The van der Waals surface area contributed by atoms with Crippen molar-refractivity contribution in [1.82, 2.24) is 5.32 Å². The number of rotatable bonds is 6. The maximum atomic E-state index is 12.2. The molecule has 0 amide bonds. The van der Waals surface area contributed by atoms with Crippen molar-refractivity contribution in [3.63, 3.8) is 0 Å². The molecule has 1 aromatic carbocycles. The Labute approximate surface area is 126 Å². The molecule has 0 aliphatic carbocycles. The Bertz CT molecular complexity index is 448. The summed E-state index contributed by atoms with van der Waals surface area (Å²) in [4.78, 5) is 0. The average molecular weight is 352 g/mol. The van der Waals surface area contributed by atoms with Gasteiger partial charge in [0.05, 0.1) is 11.6 Å². The van der Waals surface area contributed by atoms with Crippen LogP contribution in [-0.2, 0) is 6.54 Å². The van der Waals surface area contributed by atoms with Crippen LogP contribution >= 0.6 is 15.9 Å². The Morgan fingerprint density at radius 1 is 1.30 bits per heavy atom. The van der Waals surface area contributed by atoms with Gasteiger partial charge in [0, 0.05) is 12.1 Å². The molecule has 1 N–H and O–H groups in total. The van der Waals surface area contributed by atoms with Crippen LogP contribution in [0, 0.1) is 0 Å². The van der Waals surface area contributed by atoms with E-state index in [1.165, 1.54) is 7.11 Å². The Hall–Kier alpha value is -0.880. The van der Waals surface area contributed by atoms with Crippen molar-refractivity contribution in [1.29, 1.82) is 0 Å². The number of hydrogen-bond donors (Lipinski definition) is 1. The molecule has 0 saturated heterocycles. The summed E-state index contributed by atoms with van der Waals surface area (Å²) in [6.07, 6.45) is -2.52. The predicted molar refractivity (Wildman–Crippen MR) is 78.8 cm³/mol. The van der Waals surface area contributed by atoms with Crippen molar-refractivity contribution in [2.75, 3.05) is 13.7 Å². The Kier molecular flexibility index (Phi) is 6.20. The largest absolute Gasteiger partial charge is 0.493 e. The number of nitrogens with one attached hydrogen (secondary N) is 1. The summed E-state index contributed by atoms with van der Waals surface area (Å²) in [7, 11) is 1.48. The van der Waals surface area contributed by atoms with Gasteiger partial charge in [-0.25, -0.2) is 8.78 Å². The maximum absolute atomic E-state index is 12.2. The van der Waals surface area contributed by atoms with Crippen molar-refractivity contribution >= 4 is 15.9 Å². The fourth-order valence-corrected chi connectivity index (χ4v) is 2.13. The van der Waals surface area contributed by atoms with Gasteiger partial charge in [-0.1, -0.05) is 0 Å². The van der Waals surface area contributed by atoms with Gasteiger partial charge in [0.2, 0.25) is 0 Å². The highest BCUT2D eigenvalue weighted by molar-refractivity contribution is 9.10. The second-order valence-corrected chi connectivity index (χ2v) is 6.27. The minimum atomic E-state index is -2.52. The van der Waals surface area contributed by atoms with E-state index in [4.69, 9.17) is 9.47 Å². The molecular formula is C14H20BrF2NO2. The molecule has 0 heterocycles. The summed E-state index contributed by atoms with van der Waals surface area (Å²) < 4.78 is 35.3. The lowest BCUT2D eigenvalue weighted by Gasteiger charge is -2.21. The highest BCUT2D eigenvalue weighted by atomic mass is 79.9. The number of methoxy groups -OCH3 is 1. The fraction of sp³-hybridized carbons (Fsp3) is 0.571. The van der Waals surface area contributed by atoms with Gasteiger partial charge >= 0.3 is 0 Å². The molecule has 0 atom stereocenters. The predicted octanol–water partition coefficient (Wildman–Crippen LogP) is 3.99. The van der Waals surface area contributed by atoms with E-state index in [2.05, 4.69) is 42.0 Å². The first-order valence-corrected chi connectivity index (χ1v) is 7.04. The number of alkyl halides is 2. The third kappa shape index (κ3) is 5.63. The van der Waals surface area contributed by atoms with Crippen LogP contribution in [0.25, 0.3) is 0 Å². The van der Waals surface area contributed by atoms with E-state index in [1.807, 2.05) is 6.07 Å². The quantitative estimate of drug-likeness (QED) is 0.840. The lowest BCUT2D eigenvalue weighted by atomic mass is 10.1. The molecule has 0 aromatic heterocycles. The van der Waals surface area contributed by atoms with Crippen LogP contribution in [-0.4, -0.2) is 25.7 Å². The molecular weight excluding hydrogens is 332 g/mol. The van der Waals surface area contributed by atoms with Gasteiger partial charge in [0.25, 0.3) is 6.43 Å². The van der Waals surface area contributed by atoms with E-state index in [0.717, 1.165) is 5.56 Å². The summed E-state index contributed by atoms with van der Waals surface area (Å²) in [5.41, 5.74) is 0.970. The van der Waals surface area contributed by atoms with Crippen LogP contribution in [0.1, 0.15) is 26.3 Å². The molecule has 3 nitrogen and oxygen atoms in total. The first-order valence-electron chi connectivity index (χ1n) is 6.25. The van der Waals surface area contributed by atoms with E-state index in [0.29, 0.717) is 22.5 Å². The maximum Gasteiger partial charge on any atom is 0.272 e. The molecule has 0 radical (unpaired) electrons. The lowest BCUT2D eigenvalue weighted by Crippen LogP contribution is -2.35. The monoisotopic (exact) mass is 351 g/mol. The normalized spacial score (nSPS) is 11.8. The average Bonchev–Trinajstić information content (AvgIpc) is 2.33. The zero-order valence-corrected chi connectivity index (χ0v) is 13.7.